The number of rotatable bonds is 8. The van der Waals surface area contributed by atoms with Crippen LogP contribution >= 0.6 is 0 Å². The topological polar surface area (TPSA) is 95.4 Å². The Morgan fingerprint density at radius 1 is 1.32 bits per heavy atom. The van der Waals surface area contributed by atoms with Gasteiger partial charge in [0, 0.05) is 20.2 Å². The van der Waals surface area contributed by atoms with E-state index in [4.69, 9.17) is 16.4 Å². The average molecular weight is 266 g/mol. The molecule has 1 heterocycles. The van der Waals surface area contributed by atoms with Gasteiger partial charge < -0.3 is 15.7 Å². The lowest BCUT2D eigenvalue weighted by Gasteiger charge is -2.15. The maximum absolute atomic E-state index is 8.74. The summed E-state index contributed by atoms with van der Waals surface area (Å²) < 4.78 is 0. The maximum atomic E-state index is 8.74. The Hall–Kier alpha value is -2.11. The van der Waals surface area contributed by atoms with Crippen LogP contribution in [0.3, 0.4) is 0 Å². The van der Waals surface area contributed by atoms with Crippen molar-refractivity contribution in [1.29, 1.82) is 0 Å². The Balaban J connectivity index is 2.85. The molecule has 0 unspecified atom stereocenters. The van der Waals surface area contributed by atoms with E-state index in [1.807, 2.05) is 0 Å². The van der Waals surface area contributed by atoms with Gasteiger partial charge in [0.1, 0.15) is 0 Å². The number of aromatic nitrogens is 3. The lowest BCUT2D eigenvalue weighted by Crippen LogP contribution is -2.20. The molecule has 1 aromatic rings. The van der Waals surface area contributed by atoms with Gasteiger partial charge in [-0.2, -0.15) is 15.0 Å². The normalized spacial score (nSPS) is 9.79. The Morgan fingerprint density at radius 3 is 2.58 bits per heavy atom. The van der Waals surface area contributed by atoms with Crippen LogP contribution in [0.2, 0.25) is 0 Å². The fraction of sp³-hybridized carbons (Fsp3) is 0.545. The van der Waals surface area contributed by atoms with Crippen LogP contribution in [-0.2, 0) is 4.84 Å². The second kappa shape index (κ2) is 8.07. The van der Waals surface area contributed by atoms with E-state index in [0.29, 0.717) is 37.4 Å². The average Bonchev–Trinajstić information content (AvgIpc) is 2.44. The highest BCUT2D eigenvalue weighted by Crippen LogP contribution is 2.12. The molecule has 0 fully saturated rings. The van der Waals surface area contributed by atoms with Crippen molar-refractivity contribution >= 4 is 17.8 Å². The number of aliphatic hydroxyl groups excluding tert-OH is 1. The first-order valence-corrected chi connectivity index (χ1v) is 5.77. The Bertz CT molecular complexity index is 434. The van der Waals surface area contributed by atoms with Gasteiger partial charge in [-0.25, -0.2) is 5.06 Å². The molecule has 104 valence electrons. The third-order valence-electron chi connectivity index (χ3n) is 2.15. The van der Waals surface area contributed by atoms with Gasteiger partial charge >= 0.3 is 0 Å². The minimum Gasteiger partial charge on any atom is -0.396 e. The van der Waals surface area contributed by atoms with Gasteiger partial charge in [-0.15, -0.1) is 6.42 Å². The van der Waals surface area contributed by atoms with Crippen LogP contribution in [0.15, 0.2) is 0 Å². The highest BCUT2D eigenvalue weighted by Gasteiger charge is 2.09. The summed E-state index contributed by atoms with van der Waals surface area (Å²) in [4.78, 5) is 17.5. The molecule has 8 nitrogen and oxygen atoms in total. The van der Waals surface area contributed by atoms with Gasteiger partial charge in [0.15, 0.2) is 0 Å². The summed E-state index contributed by atoms with van der Waals surface area (Å²) in [5, 5.41) is 16.0. The fourth-order valence-electron chi connectivity index (χ4n) is 1.15. The molecule has 0 saturated carbocycles. The van der Waals surface area contributed by atoms with Gasteiger partial charge in [-0.3, -0.25) is 4.84 Å². The summed E-state index contributed by atoms with van der Waals surface area (Å²) in [6, 6.07) is 0. The second-order valence-electron chi connectivity index (χ2n) is 3.52. The minimum atomic E-state index is 0.102. The molecule has 0 amide bonds. The van der Waals surface area contributed by atoms with Crippen molar-refractivity contribution in [1.82, 2.24) is 15.0 Å². The number of nitrogens with one attached hydrogen (secondary N) is 2. The van der Waals surface area contributed by atoms with Crippen LogP contribution in [0.5, 0.6) is 0 Å². The van der Waals surface area contributed by atoms with Gasteiger partial charge in [-0.1, -0.05) is 5.92 Å². The Kier molecular flexibility index (Phi) is 6.35. The predicted molar refractivity (Wildman–Crippen MR) is 72.8 cm³/mol. The van der Waals surface area contributed by atoms with Crippen LogP contribution in [0.1, 0.15) is 6.42 Å². The number of anilines is 3. The molecule has 0 atom stereocenters. The lowest BCUT2D eigenvalue weighted by molar-refractivity contribution is 0.180. The van der Waals surface area contributed by atoms with Gasteiger partial charge in [-0.05, 0) is 6.42 Å². The highest BCUT2D eigenvalue weighted by atomic mass is 16.7. The molecule has 0 aliphatic rings. The van der Waals surface area contributed by atoms with Crippen LogP contribution in [0.25, 0.3) is 0 Å². The van der Waals surface area contributed by atoms with Gasteiger partial charge in [0.25, 0.3) is 5.95 Å². The largest absolute Gasteiger partial charge is 0.396 e. The summed E-state index contributed by atoms with van der Waals surface area (Å²) >= 11 is 0. The Labute approximate surface area is 112 Å². The first-order chi connectivity index (χ1) is 9.21. The summed E-state index contributed by atoms with van der Waals surface area (Å²) in [5.74, 6) is 3.54. The van der Waals surface area contributed by atoms with Crippen molar-refractivity contribution in [3.05, 3.63) is 0 Å². The minimum absolute atomic E-state index is 0.102. The zero-order chi connectivity index (χ0) is 14.1. The van der Waals surface area contributed by atoms with E-state index >= 15 is 0 Å². The van der Waals surface area contributed by atoms with E-state index < -0.39 is 0 Å². The first kappa shape index (κ1) is 14.9. The van der Waals surface area contributed by atoms with Crippen molar-refractivity contribution in [3.8, 4) is 12.3 Å². The number of nitrogens with zero attached hydrogens (tertiary/aromatic N) is 4. The van der Waals surface area contributed by atoms with E-state index in [1.54, 1.807) is 7.05 Å². The van der Waals surface area contributed by atoms with Crippen molar-refractivity contribution < 1.29 is 9.94 Å². The smallest absolute Gasteiger partial charge is 0.256 e. The number of aliphatic hydroxyl groups is 1. The molecule has 1 rings (SSSR count). The molecular formula is C11H18N6O2. The van der Waals surface area contributed by atoms with E-state index in [0.717, 1.165) is 0 Å². The van der Waals surface area contributed by atoms with E-state index in [2.05, 4.69) is 31.5 Å². The van der Waals surface area contributed by atoms with Crippen LogP contribution in [0, 0.1) is 12.3 Å². The lowest BCUT2D eigenvalue weighted by atomic mass is 10.4. The summed E-state index contributed by atoms with van der Waals surface area (Å²) in [6.07, 6.45) is 5.78. The molecular weight excluding hydrogens is 248 g/mol. The van der Waals surface area contributed by atoms with E-state index in [9.17, 15) is 0 Å². The standard InChI is InChI=1S/C11H18N6O2/c1-4-6-12-9-14-10(13-7-5-8-18)16-11(15-9)17(2)19-3/h1,18H,5-8H2,2-3H3,(H2,12,13,14,15,16). The summed E-state index contributed by atoms with van der Waals surface area (Å²) in [6.45, 7) is 0.979. The van der Waals surface area contributed by atoms with Crippen molar-refractivity contribution in [2.45, 2.75) is 6.42 Å². The summed E-state index contributed by atoms with van der Waals surface area (Å²) in [7, 11) is 3.19. The number of hydroxylamine groups is 1. The molecule has 3 N–H and O–H groups in total. The quantitative estimate of drug-likeness (QED) is 0.335. The van der Waals surface area contributed by atoms with Crippen molar-refractivity contribution in [2.24, 2.45) is 0 Å². The monoisotopic (exact) mass is 266 g/mol. The van der Waals surface area contributed by atoms with E-state index in [-0.39, 0.29) is 6.61 Å². The molecule has 19 heavy (non-hydrogen) atoms. The SMILES string of the molecule is C#CCNc1nc(NCCCO)nc(N(C)OC)n1. The van der Waals surface area contributed by atoms with Crippen LogP contribution in [-0.4, -0.2) is 53.9 Å². The van der Waals surface area contributed by atoms with Gasteiger partial charge in [0.05, 0.1) is 13.7 Å². The third kappa shape index (κ3) is 4.95. The Morgan fingerprint density at radius 2 is 2.00 bits per heavy atom. The van der Waals surface area contributed by atoms with E-state index in [1.165, 1.54) is 12.2 Å². The third-order valence-corrected chi connectivity index (χ3v) is 2.15. The summed E-state index contributed by atoms with van der Waals surface area (Å²) in [5.41, 5.74) is 0. The molecule has 1 aromatic heterocycles. The molecule has 0 spiro atoms. The molecule has 8 heteroatoms. The number of hydrogen-bond donors (Lipinski definition) is 3. The maximum Gasteiger partial charge on any atom is 0.256 e. The zero-order valence-electron chi connectivity index (χ0n) is 11.1. The highest BCUT2D eigenvalue weighted by molar-refractivity contribution is 5.42. The second-order valence-corrected chi connectivity index (χ2v) is 3.52. The first-order valence-electron chi connectivity index (χ1n) is 5.77. The van der Waals surface area contributed by atoms with Crippen LogP contribution in [0.4, 0.5) is 17.8 Å². The molecule has 0 aromatic carbocycles. The molecule has 0 aliphatic heterocycles. The molecule has 0 aliphatic carbocycles. The van der Waals surface area contributed by atoms with Crippen molar-refractivity contribution in [2.75, 3.05) is 49.6 Å². The molecule has 0 radical (unpaired) electrons. The fourth-order valence-corrected chi connectivity index (χ4v) is 1.15. The molecule has 0 bridgehead atoms. The molecule has 0 saturated heterocycles. The van der Waals surface area contributed by atoms with Crippen LogP contribution < -0.4 is 15.7 Å². The van der Waals surface area contributed by atoms with Crippen molar-refractivity contribution in [3.63, 3.8) is 0 Å². The van der Waals surface area contributed by atoms with Gasteiger partial charge in [0.2, 0.25) is 11.9 Å². The zero-order valence-corrected chi connectivity index (χ0v) is 11.1. The number of terminal acetylenes is 1. The predicted octanol–water partition coefficient (Wildman–Crippen LogP) is -0.291. The number of hydrogen-bond acceptors (Lipinski definition) is 8.